The molecular weight excluding hydrogens is 204 g/mol. The Kier molecular flexibility index (Phi) is 3.31. The van der Waals surface area contributed by atoms with Crippen molar-refractivity contribution in [1.82, 2.24) is 5.32 Å². The lowest BCUT2D eigenvalue weighted by Gasteiger charge is -1.97. The first-order valence-electron chi connectivity index (χ1n) is 5.41. The summed E-state index contributed by atoms with van der Waals surface area (Å²) in [5.74, 6) is 0. The van der Waals surface area contributed by atoms with Crippen LogP contribution in [0.2, 0.25) is 0 Å². The largest absolute Gasteiger partial charge is 0.311 e. The second-order valence-electron chi connectivity index (χ2n) is 3.90. The smallest absolute Gasteiger partial charge is 0.276 e. The Labute approximate surface area is 94.1 Å². The van der Waals surface area contributed by atoms with Crippen LogP contribution in [0.15, 0.2) is 30.3 Å². The molecular formula is C12H14N2O2. The molecule has 1 saturated carbocycles. The molecule has 16 heavy (non-hydrogen) atoms. The minimum Gasteiger partial charge on any atom is -0.311 e. The van der Waals surface area contributed by atoms with Crippen LogP contribution in [0.4, 0.5) is 5.69 Å². The average molecular weight is 218 g/mol. The number of nitrogens with zero attached hydrogens (tertiary/aromatic N) is 1. The van der Waals surface area contributed by atoms with Gasteiger partial charge >= 0.3 is 0 Å². The Balaban J connectivity index is 1.98. The summed E-state index contributed by atoms with van der Waals surface area (Å²) in [5.41, 5.74) is 0.815. The number of nitrogens with one attached hydrogen (secondary N) is 1. The third kappa shape index (κ3) is 2.90. The van der Waals surface area contributed by atoms with Crippen LogP contribution in [0.25, 0.3) is 6.08 Å². The summed E-state index contributed by atoms with van der Waals surface area (Å²) in [5, 5.41) is 14.0. The maximum atomic E-state index is 10.7. The van der Waals surface area contributed by atoms with E-state index in [0.29, 0.717) is 11.6 Å². The summed E-state index contributed by atoms with van der Waals surface area (Å²) in [6, 6.07) is 7.42. The zero-order valence-corrected chi connectivity index (χ0v) is 8.93. The predicted octanol–water partition coefficient (Wildman–Crippen LogP) is 2.36. The van der Waals surface area contributed by atoms with E-state index in [1.165, 1.54) is 18.9 Å². The number of nitro groups is 1. The van der Waals surface area contributed by atoms with Gasteiger partial charge in [-0.15, -0.1) is 0 Å². The zero-order valence-electron chi connectivity index (χ0n) is 8.93. The van der Waals surface area contributed by atoms with Gasteiger partial charge in [0.2, 0.25) is 0 Å². The van der Waals surface area contributed by atoms with Crippen LogP contribution in [0.3, 0.4) is 0 Å². The summed E-state index contributed by atoms with van der Waals surface area (Å²) < 4.78 is 0. The summed E-state index contributed by atoms with van der Waals surface area (Å²) in [6.07, 6.45) is 6.23. The number of benzene rings is 1. The van der Waals surface area contributed by atoms with Gasteiger partial charge < -0.3 is 5.32 Å². The normalized spacial score (nSPS) is 15.5. The van der Waals surface area contributed by atoms with Crippen LogP contribution in [-0.4, -0.2) is 17.5 Å². The number of rotatable bonds is 5. The molecule has 0 spiro atoms. The highest BCUT2D eigenvalue weighted by Crippen LogP contribution is 2.20. The van der Waals surface area contributed by atoms with Gasteiger partial charge in [0.15, 0.2) is 0 Å². The van der Waals surface area contributed by atoms with Crippen LogP contribution in [0.1, 0.15) is 18.4 Å². The summed E-state index contributed by atoms with van der Waals surface area (Å²) >= 11 is 0. The summed E-state index contributed by atoms with van der Waals surface area (Å²) in [7, 11) is 0. The fourth-order valence-corrected chi connectivity index (χ4v) is 1.50. The van der Waals surface area contributed by atoms with E-state index in [2.05, 4.69) is 5.32 Å². The first kappa shape index (κ1) is 10.8. The van der Waals surface area contributed by atoms with E-state index < -0.39 is 0 Å². The minimum absolute atomic E-state index is 0.158. The second kappa shape index (κ2) is 4.90. The van der Waals surface area contributed by atoms with E-state index in [-0.39, 0.29) is 10.6 Å². The van der Waals surface area contributed by atoms with Crippen LogP contribution in [-0.2, 0) is 0 Å². The number of para-hydroxylation sites is 1. The molecule has 1 aliphatic carbocycles. The van der Waals surface area contributed by atoms with Gasteiger partial charge in [-0.25, -0.2) is 0 Å². The molecule has 2 rings (SSSR count). The highest BCUT2D eigenvalue weighted by Gasteiger charge is 2.19. The molecule has 4 heteroatoms. The lowest BCUT2D eigenvalue weighted by molar-refractivity contribution is -0.385. The van der Waals surface area contributed by atoms with E-state index in [1.54, 1.807) is 24.3 Å². The zero-order chi connectivity index (χ0) is 11.4. The third-order valence-electron chi connectivity index (χ3n) is 2.53. The molecule has 1 aliphatic rings. The molecule has 0 unspecified atom stereocenters. The van der Waals surface area contributed by atoms with Crippen molar-refractivity contribution < 1.29 is 4.92 Å². The number of hydrogen-bond donors (Lipinski definition) is 1. The molecule has 0 amide bonds. The van der Waals surface area contributed by atoms with Crippen molar-refractivity contribution >= 4 is 11.8 Å². The minimum atomic E-state index is -0.353. The van der Waals surface area contributed by atoms with Gasteiger partial charge in [-0.3, -0.25) is 10.1 Å². The summed E-state index contributed by atoms with van der Waals surface area (Å²) in [6.45, 7) is 0.775. The Morgan fingerprint density at radius 1 is 1.44 bits per heavy atom. The third-order valence-corrected chi connectivity index (χ3v) is 2.53. The fourth-order valence-electron chi connectivity index (χ4n) is 1.50. The summed E-state index contributed by atoms with van der Waals surface area (Å²) in [4.78, 5) is 10.4. The molecule has 0 bridgehead atoms. The van der Waals surface area contributed by atoms with Gasteiger partial charge in [-0.05, 0) is 18.9 Å². The van der Waals surface area contributed by atoms with Crippen LogP contribution in [0.5, 0.6) is 0 Å². The molecule has 0 heterocycles. The Bertz CT molecular complexity index is 411. The van der Waals surface area contributed by atoms with Crippen LogP contribution in [0, 0.1) is 10.1 Å². The van der Waals surface area contributed by atoms with E-state index in [4.69, 9.17) is 0 Å². The second-order valence-corrected chi connectivity index (χ2v) is 3.90. The molecule has 4 nitrogen and oxygen atoms in total. The van der Waals surface area contributed by atoms with Gasteiger partial charge in [-0.1, -0.05) is 24.3 Å². The molecule has 0 radical (unpaired) electrons. The first-order chi connectivity index (χ1) is 7.77. The molecule has 0 atom stereocenters. The molecule has 0 aromatic heterocycles. The van der Waals surface area contributed by atoms with Gasteiger partial charge in [-0.2, -0.15) is 0 Å². The van der Waals surface area contributed by atoms with Gasteiger partial charge in [0.1, 0.15) is 0 Å². The lowest BCUT2D eigenvalue weighted by atomic mass is 10.1. The van der Waals surface area contributed by atoms with Crippen molar-refractivity contribution in [3.05, 3.63) is 46.0 Å². The Hall–Kier alpha value is -1.68. The van der Waals surface area contributed by atoms with Gasteiger partial charge in [0, 0.05) is 18.7 Å². The maximum Gasteiger partial charge on any atom is 0.276 e. The topological polar surface area (TPSA) is 55.2 Å². The van der Waals surface area contributed by atoms with E-state index in [1.807, 2.05) is 6.08 Å². The van der Waals surface area contributed by atoms with Crippen molar-refractivity contribution in [2.45, 2.75) is 18.9 Å². The number of nitro benzene ring substituents is 1. The van der Waals surface area contributed by atoms with Crippen molar-refractivity contribution in [3.8, 4) is 0 Å². The molecule has 1 aromatic carbocycles. The standard InChI is InChI=1S/C12H14N2O2/c15-14(16)12-6-2-1-4-10(12)5-3-9-13-11-7-8-11/h1-6,11,13H,7-9H2/b5-3+. The van der Waals surface area contributed by atoms with Crippen LogP contribution < -0.4 is 5.32 Å². The van der Waals surface area contributed by atoms with Crippen LogP contribution >= 0.6 is 0 Å². The molecule has 84 valence electrons. The molecule has 0 saturated heterocycles. The van der Waals surface area contributed by atoms with Gasteiger partial charge in [0.25, 0.3) is 5.69 Å². The average Bonchev–Trinajstić information content (AvgIpc) is 3.08. The van der Waals surface area contributed by atoms with Crippen molar-refractivity contribution in [2.75, 3.05) is 6.54 Å². The van der Waals surface area contributed by atoms with Crippen molar-refractivity contribution in [1.29, 1.82) is 0 Å². The fraction of sp³-hybridized carbons (Fsp3) is 0.333. The Morgan fingerprint density at radius 3 is 2.88 bits per heavy atom. The molecule has 1 N–H and O–H groups in total. The number of hydrogen-bond acceptors (Lipinski definition) is 3. The quantitative estimate of drug-likeness (QED) is 0.609. The first-order valence-corrected chi connectivity index (χ1v) is 5.41. The monoisotopic (exact) mass is 218 g/mol. The predicted molar refractivity (Wildman–Crippen MR) is 63.2 cm³/mol. The molecule has 1 fully saturated rings. The molecule has 1 aromatic rings. The van der Waals surface area contributed by atoms with Gasteiger partial charge in [0.05, 0.1) is 10.5 Å². The van der Waals surface area contributed by atoms with E-state index in [9.17, 15) is 10.1 Å². The maximum absolute atomic E-state index is 10.7. The lowest BCUT2D eigenvalue weighted by Crippen LogP contribution is -2.15. The highest BCUT2D eigenvalue weighted by molar-refractivity contribution is 5.60. The van der Waals surface area contributed by atoms with E-state index in [0.717, 1.165) is 6.54 Å². The highest BCUT2D eigenvalue weighted by atomic mass is 16.6. The molecule has 0 aliphatic heterocycles. The van der Waals surface area contributed by atoms with Crippen molar-refractivity contribution in [3.63, 3.8) is 0 Å². The Morgan fingerprint density at radius 2 is 2.19 bits per heavy atom. The van der Waals surface area contributed by atoms with Crippen molar-refractivity contribution in [2.24, 2.45) is 0 Å². The van der Waals surface area contributed by atoms with E-state index >= 15 is 0 Å². The SMILES string of the molecule is O=[N+]([O-])c1ccccc1/C=C/CNC1CC1.